The zero-order valence-electron chi connectivity index (χ0n) is 6.38. The number of carboxylic acids is 1. The van der Waals surface area contributed by atoms with E-state index in [1.165, 1.54) is 6.42 Å². The molecular formula is C8H12O3. The SMILES string of the molecule is O=C(O)C1OC12CCCCC2. The fourth-order valence-electron chi connectivity index (χ4n) is 2.01. The molecule has 0 aromatic carbocycles. The molecule has 11 heavy (non-hydrogen) atoms. The number of aliphatic carboxylic acids is 1. The Morgan fingerprint density at radius 3 is 2.45 bits per heavy atom. The number of hydrogen-bond acceptors (Lipinski definition) is 2. The van der Waals surface area contributed by atoms with Crippen LogP contribution >= 0.6 is 0 Å². The third-order valence-corrected chi connectivity index (χ3v) is 2.70. The maximum Gasteiger partial charge on any atom is 0.335 e. The van der Waals surface area contributed by atoms with Crippen LogP contribution in [-0.2, 0) is 9.53 Å². The Hall–Kier alpha value is -0.570. The van der Waals surface area contributed by atoms with Gasteiger partial charge < -0.3 is 9.84 Å². The van der Waals surface area contributed by atoms with Crippen molar-refractivity contribution >= 4 is 5.97 Å². The molecule has 3 nitrogen and oxygen atoms in total. The van der Waals surface area contributed by atoms with Crippen molar-refractivity contribution < 1.29 is 14.6 Å². The van der Waals surface area contributed by atoms with Crippen molar-refractivity contribution in [2.45, 2.75) is 43.8 Å². The first-order chi connectivity index (χ1) is 5.25. The third-order valence-electron chi connectivity index (χ3n) is 2.70. The van der Waals surface area contributed by atoms with Gasteiger partial charge in [-0.3, -0.25) is 0 Å². The van der Waals surface area contributed by atoms with Crippen molar-refractivity contribution in [2.75, 3.05) is 0 Å². The number of carbonyl (C=O) groups is 1. The first-order valence-electron chi connectivity index (χ1n) is 4.15. The van der Waals surface area contributed by atoms with Crippen LogP contribution in [0.2, 0.25) is 0 Å². The average Bonchev–Trinajstić information content (AvgIpc) is 2.66. The molecule has 3 heteroatoms. The van der Waals surface area contributed by atoms with Crippen LogP contribution < -0.4 is 0 Å². The van der Waals surface area contributed by atoms with Gasteiger partial charge in [-0.25, -0.2) is 4.79 Å². The summed E-state index contributed by atoms with van der Waals surface area (Å²) in [5, 5.41) is 8.65. The maximum absolute atomic E-state index is 10.5. The van der Waals surface area contributed by atoms with Gasteiger partial charge in [0, 0.05) is 0 Å². The van der Waals surface area contributed by atoms with E-state index < -0.39 is 12.1 Å². The van der Waals surface area contributed by atoms with Crippen LogP contribution in [0.1, 0.15) is 32.1 Å². The number of carboxylic acid groups (broad SMARTS) is 1. The lowest BCUT2D eigenvalue weighted by atomic mass is 9.86. The average molecular weight is 156 g/mol. The molecule has 0 radical (unpaired) electrons. The molecule has 0 amide bonds. The summed E-state index contributed by atoms with van der Waals surface area (Å²) in [6.07, 6.45) is 4.90. The summed E-state index contributed by atoms with van der Waals surface area (Å²) in [5.41, 5.74) is -0.232. The normalized spacial score (nSPS) is 33.6. The molecule has 0 aromatic rings. The van der Waals surface area contributed by atoms with E-state index in [1.807, 2.05) is 0 Å². The van der Waals surface area contributed by atoms with Crippen molar-refractivity contribution in [2.24, 2.45) is 0 Å². The zero-order chi connectivity index (χ0) is 7.90. The van der Waals surface area contributed by atoms with Crippen LogP contribution in [0.15, 0.2) is 0 Å². The standard InChI is InChI=1S/C8H12O3/c9-7(10)6-8(11-6)4-2-1-3-5-8/h6H,1-5H2,(H,9,10). The Bertz CT molecular complexity index is 182. The molecule has 0 aromatic heterocycles. The number of epoxide rings is 1. The van der Waals surface area contributed by atoms with E-state index in [0.717, 1.165) is 25.7 Å². The van der Waals surface area contributed by atoms with Gasteiger partial charge in [0.1, 0.15) is 5.60 Å². The van der Waals surface area contributed by atoms with E-state index in [1.54, 1.807) is 0 Å². The highest BCUT2D eigenvalue weighted by Crippen LogP contribution is 2.48. The van der Waals surface area contributed by atoms with Crippen molar-refractivity contribution in [1.29, 1.82) is 0 Å². The molecule has 62 valence electrons. The summed E-state index contributed by atoms with van der Waals surface area (Å²) in [6, 6.07) is 0. The van der Waals surface area contributed by atoms with Gasteiger partial charge in [0.2, 0.25) is 0 Å². The summed E-state index contributed by atoms with van der Waals surface area (Å²) < 4.78 is 5.21. The molecule has 0 bridgehead atoms. The van der Waals surface area contributed by atoms with Gasteiger partial charge in [0.05, 0.1) is 0 Å². The van der Waals surface area contributed by atoms with E-state index in [0.29, 0.717) is 0 Å². The van der Waals surface area contributed by atoms with E-state index in [2.05, 4.69) is 0 Å². The molecule has 1 heterocycles. The number of rotatable bonds is 1. The van der Waals surface area contributed by atoms with Gasteiger partial charge in [-0.15, -0.1) is 0 Å². The summed E-state index contributed by atoms with van der Waals surface area (Å²) in [5.74, 6) is -0.785. The summed E-state index contributed by atoms with van der Waals surface area (Å²) in [6.45, 7) is 0. The molecule has 2 rings (SSSR count). The van der Waals surface area contributed by atoms with Crippen molar-refractivity contribution in [3.8, 4) is 0 Å². The quantitative estimate of drug-likeness (QED) is 0.580. The second kappa shape index (κ2) is 2.21. The first kappa shape index (κ1) is 7.10. The van der Waals surface area contributed by atoms with Gasteiger partial charge in [0.25, 0.3) is 0 Å². The Morgan fingerprint density at radius 2 is 2.00 bits per heavy atom. The van der Waals surface area contributed by atoms with Crippen LogP contribution in [0.3, 0.4) is 0 Å². The fourth-order valence-corrected chi connectivity index (χ4v) is 2.01. The third kappa shape index (κ3) is 1.03. The van der Waals surface area contributed by atoms with Gasteiger partial charge in [0.15, 0.2) is 6.10 Å². The highest BCUT2D eigenvalue weighted by molar-refractivity contribution is 5.77. The monoisotopic (exact) mass is 156 g/mol. The first-order valence-corrected chi connectivity index (χ1v) is 4.15. The van der Waals surface area contributed by atoms with Crippen LogP contribution in [0.25, 0.3) is 0 Å². The molecular weight excluding hydrogens is 144 g/mol. The lowest BCUT2D eigenvalue weighted by Crippen LogP contribution is -2.23. The lowest BCUT2D eigenvalue weighted by Gasteiger charge is -2.16. The summed E-state index contributed by atoms with van der Waals surface area (Å²) in [4.78, 5) is 10.5. The van der Waals surface area contributed by atoms with Crippen LogP contribution in [-0.4, -0.2) is 22.8 Å². The summed E-state index contributed by atoms with van der Waals surface area (Å²) in [7, 11) is 0. The van der Waals surface area contributed by atoms with Gasteiger partial charge >= 0.3 is 5.97 Å². The minimum absolute atomic E-state index is 0.232. The Labute approximate surface area is 65.4 Å². The van der Waals surface area contributed by atoms with Crippen LogP contribution in [0.4, 0.5) is 0 Å². The molecule has 1 aliphatic carbocycles. The van der Waals surface area contributed by atoms with Crippen molar-refractivity contribution in [3.05, 3.63) is 0 Å². The van der Waals surface area contributed by atoms with Gasteiger partial charge in [-0.1, -0.05) is 19.3 Å². The molecule has 1 saturated heterocycles. The maximum atomic E-state index is 10.5. The van der Waals surface area contributed by atoms with Gasteiger partial charge in [-0.05, 0) is 12.8 Å². The minimum atomic E-state index is -0.785. The molecule has 2 fully saturated rings. The molecule has 1 N–H and O–H groups in total. The minimum Gasteiger partial charge on any atom is -0.479 e. The summed E-state index contributed by atoms with van der Waals surface area (Å²) >= 11 is 0. The van der Waals surface area contributed by atoms with Crippen LogP contribution in [0, 0.1) is 0 Å². The second-order valence-corrected chi connectivity index (χ2v) is 3.46. The molecule has 1 aliphatic heterocycles. The lowest BCUT2D eigenvalue weighted by molar-refractivity contribution is -0.138. The Morgan fingerprint density at radius 1 is 1.36 bits per heavy atom. The van der Waals surface area contributed by atoms with Crippen molar-refractivity contribution in [1.82, 2.24) is 0 Å². The van der Waals surface area contributed by atoms with Gasteiger partial charge in [-0.2, -0.15) is 0 Å². The molecule has 1 unspecified atom stereocenters. The molecule has 1 saturated carbocycles. The Balaban J connectivity index is 1.99. The van der Waals surface area contributed by atoms with E-state index >= 15 is 0 Å². The zero-order valence-corrected chi connectivity index (χ0v) is 6.38. The molecule has 2 aliphatic rings. The predicted octanol–water partition coefficient (Wildman–Crippen LogP) is 1.17. The number of hydrogen-bond donors (Lipinski definition) is 1. The molecule has 1 atom stereocenters. The van der Waals surface area contributed by atoms with Crippen LogP contribution in [0.5, 0.6) is 0 Å². The highest BCUT2D eigenvalue weighted by Gasteiger charge is 2.60. The predicted molar refractivity (Wildman–Crippen MR) is 38.3 cm³/mol. The van der Waals surface area contributed by atoms with E-state index in [-0.39, 0.29) is 5.60 Å². The smallest absolute Gasteiger partial charge is 0.335 e. The molecule has 1 spiro atoms. The van der Waals surface area contributed by atoms with E-state index in [9.17, 15) is 4.79 Å². The Kier molecular flexibility index (Phi) is 1.42. The largest absolute Gasteiger partial charge is 0.479 e. The van der Waals surface area contributed by atoms with E-state index in [4.69, 9.17) is 9.84 Å². The topological polar surface area (TPSA) is 49.8 Å². The second-order valence-electron chi connectivity index (χ2n) is 3.46. The highest BCUT2D eigenvalue weighted by atomic mass is 16.6. The fraction of sp³-hybridized carbons (Fsp3) is 0.875. The van der Waals surface area contributed by atoms with Crippen molar-refractivity contribution in [3.63, 3.8) is 0 Å². The number of ether oxygens (including phenoxy) is 1.